The molecule has 1 heterocycles. The number of fused-ring (bicyclic) bond motifs is 5. The van der Waals surface area contributed by atoms with Crippen molar-refractivity contribution in [2.75, 3.05) is 0 Å². The molecule has 178 valence electrons. The maximum atomic E-state index is 13.3. The summed E-state index contributed by atoms with van der Waals surface area (Å²) >= 11 is 0. The molecule has 8 unspecified atom stereocenters. The molecular formula is C26H37F3N2O. The number of aromatic nitrogens is 2. The summed E-state index contributed by atoms with van der Waals surface area (Å²) in [5, 5.41) is 3.82. The Balaban J connectivity index is 1.32. The standard InChI is InChI=1S/C26H37F3N2O/c1-16-8-10-24(2)17(12-16)4-5-19-20-6-7-22(25(20,3)11-9-21(19)24)23(32)15-31-14-18(13-30-31)26(27,28)29/h13-14,16-17,19-22H,4-12,15H2,1-3H3. The average Bonchev–Trinajstić information content (AvgIpc) is 3.32. The Labute approximate surface area is 189 Å². The van der Waals surface area contributed by atoms with Crippen molar-refractivity contribution in [1.29, 1.82) is 0 Å². The largest absolute Gasteiger partial charge is 0.419 e. The van der Waals surface area contributed by atoms with Crippen molar-refractivity contribution in [3.05, 3.63) is 18.0 Å². The van der Waals surface area contributed by atoms with Gasteiger partial charge in [0.15, 0.2) is 5.78 Å². The van der Waals surface area contributed by atoms with Crippen molar-refractivity contribution in [3.63, 3.8) is 0 Å². The third-order valence-electron chi connectivity index (χ3n) is 10.6. The average molecular weight is 451 g/mol. The van der Waals surface area contributed by atoms with E-state index in [1.807, 2.05) is 0 Å². The van der Waals surface area contributed by atoms with Crippen LogP contribution in [0.5, 0.6) is 0 Å². The zero-order chi connectivity index (χ0) is 22.9. The molecule has 0 amide bonds. The van der Waals surface area contributed by atoms with E-state index in [9.17, 15) is 18.0 Å². The first-order valence-corrected chi connectivity index (χ1v) is 12.6. The highest BCUT2D eigenvalue weighted by atomic mass is 19.4. The third-order valence-corrected chi connectivity index (χ3v) is 10.6. The number of hydrogen-bond acceptors (Lipinski definition) is 2. The summed E-state index contributed by atoms with van der Waals surface area (Å²) in [6.07, 6.45) is 8.36. The lowest BCUT2D eigenvalue weighted by Crippen LogP contribution is -2.53. The smallest absolute Gasteiger partial charge is 0.297 e. The Hall–Kier alpha value is -1.33. The number of alkyl halides is 3. The SMILES string of the molecule is CC1CCC2(C)C(CCC3C2CCC2(C)C(C(=O)Cn4cc(C(F)(F)F)cn4)CCC32)C1. The lowest BCUT2D eigenvalue weighted by atomic mass is 9.44. The van der Waals surface area contributed by atoms with Crippen LogP contribution in [0, 0.1) is 46.3 Å². The second-order valence-electron chi connectivity index (χ2n) is 12.1. The summed E-state index contributed by atoms with van der Waals surface area (Å²) in [7, 11) is 0. The molecule has 4 fully saturated rings. The number of nitrogens with zero attached hydrogens (tertiary/aromatic N) is 2. The molecule has 4 aliphatic rings. The van der Waals surface area contributed by atoms with Gasteiger partial charge in [0.1, 0.15) is 0 Å². The number of rotatable bonds is 3. The van der Waals surface area contributed by atoms with Crippen LogP contribution in [0.1, 0.15) is 84.1 Å². The summed E-state index contributed by atoms with van der Waals surface area (Å²) < 4.78 is 39.9. The van der Waals surface area contributed by atoms with E-state index in [2.05, 4.69) is 25.9 Å². The summed E-state index contributed by atoms with van der Waals surface area (Å²) in [4.78, 5) is 13.3. The van der Waals surface area contributed by atoms with Crippen LogP contribution in [0.4, 0.5) is 13.2 Å². The molecule has 4 saturated carbocycles. The maximum Gasteiger partial charge on any atom is 0.419 e. The first kappa shape index (κ1) is 22.5. The molecule has 0 bridgehead atoms. The predicted molar refractivity (Wildman–Crippen MR) is 117 cm³/mol. The second kappa shape index (κ2) is 7.59. The zero-order valence-corrected chi connectivity index (χ0v) is 19.6. The van der Waals surface area contributed by atoms with Gasteiger partial charge in [-0.3, -0.25) is 9.48 Å². The van der Waals surface area contributed by atoms with E-state index < -0.39 is 11.7 Å². The molecule has 3 nitrogen and oxygen atoms in total. The number of hydrogen-bond donors (Lipinski definition) is 0. The Kier molecular flexibility index (Phi) is 5.33. The Bertz CT molecular complexity index is 879. The molecule has 0 aliphatic heterocycles. The van der Waals surface area contributed by atoms with Crippen LogP contribution in [0.25, 0.3) is 0 Å². The number of carbonyl (C=O) groups excluding carboxylic acids is 1. The monoisotopic (exact) mass is 450 g/mol. The predicted octanol–water partition coefficient (Wildman–Crippen LogP) is 6.77. The second-order valence-corrected chi connectivity index (χ2v) is 12.1. The van der Waals surface area contributed by atoms with Crippen molar-refractivity contribution >= 4 is 5.78 Å². The summed E-state index contributed by atoms with van der Waals surface area (Å²) in [5.41, 5.74) is -0.334. The molecule has 5 rings (SSSR count). The maximum absolute atomic E-state index is 13.3. The first-order chi connectivity index (χ1) is 15.0. The highest BCUT2D eigenvalue weighted by molar-refractivity contribution is 5.82. The van der Waals surface area contributed by atoms with Crippen LogP contribution in [0.3, 0.4) is 0 Å². The molecule has 0 radical (unpaired) electrons. The number of Topliss-reactive ketones (excluding diaryl/α,β-unsaturated/α-hetero) is 1. The van der Waals surface area contributed by atoms with Crippen molar-refractivity contribution in [3.8, 4) is 0 Å². The lowest BCUT2D eigenvalue weighted by Gasteiger charge is -2.61. The van der Waals surface area contributed by atoms with Crippen LogP contribution >= 0.6 is 0 Å². The molecule has 32 heavy (non-hydrogen) atoms. The molecule has 1 aromatic heterocycles. The lowest BCUT2D eigenvalue weighted by molar-refractivity contribution is -0.139. The van der Waals surface area contributed by atoms with Gasteiger partial charge in [0, 0.05) is 12.1 Å². The van der Waals surface area contributed by atoms with Crippen LogP contribution in [0.2, 0.25) is 0 Å². The van der Waals surface area contributed by atoms with E-state index >= 15 is 0 Å². The molecule has 0 saturated heterocycles. The molecule has 4 aliphatic carbocycles. The highest BCUT2D eigenvalue weighted by Crippen LogP contribution is 2.67. The third kappa shape index (κ3) is 3.46. The molecule has 1 aromatic rings. The fourth-order valence-corrected chi connectivity index (χ4v) is 8.87. The van der Waals surface area contributed by atoms with Gasteiger partial charge in [-0.15, -0.1) is 0 Å². The van der Waals surface area contributed by atoms with E-state index in [-0.39, 0.29) is 23.7 Å². The fourth-order valence-electron chi connectivity index (χ4n) is 8.87. The van der Waals surface area contributed by atoms with E-state index in [0.717, 1.165) is 49.4 Å². The van der Waals surface area contributed by atoms with Gasteiger partial charge in [-0.1, -0.05) is 27.2 Å². The van der Waals surface area contributed by atoms with Gasteiger partial charge in [-0.25, -0.2) is 0 Å². The fraction of sp³-hybridized carbons (Fsp3) is 0.846. The molecule has 6 heteroatoms. The quantitative estimate of drug-likeness (QED) is 0.510. The minimum Gasteiger partial charge on any atom is -0.297 e. The van der Waals surface area contributed by atoms with Gasteiger partial charge < -0.3 is 0 Å². The van der Waals surface area contributed by atoms with Crippen LogP contribution < -0.4 is 0 Å². The molecule has 0 N–H and O–H groups in total. The Morgan fingerprint density at radius 3 is 2.50 bits per heavy atom. The molecule has 0 aromatic carbocycles. The Morgan fingerprint density at radius 1 is 1.06 bits per heavy atom. The number of halogens is 3. The van der Waals surface area contributed by atoms with Crippen LogP contribution in [-0.4, -0.2) is 15.6 Å². The van der Waals surface area contributed by atoms with Crippen LogP contribution in [-0.2, 0) is 17.5 Å². The van der Waals surface area contributed by atoms with E-state index in [1.54, 1.807) is 0 Å². The minimum absolute atomic E-state index is 0.0105. The van der Waals surface area contributed by atoms with E-state index in [0.29, 0.717) is 17.3 Å². The zero-order valence-electron chi connectivity index (χ0n) is 19.6. The topological polar surface area (TPSA) is 34.9 Å². The van der Waals surface area contributed by atoms with Crippen molar-refractivity contribution in [2.24, 2.45) is 46.3 Å². The van der Waals surface area contributed by atoms with Gasteiger partial charge in [-0.2, -0.15) is 18.3 Å². The van der Waals surface area contributed by atoms with Crippen molar-refractivity contribution in [1.82, 2.24) is 9.78 Å². The van der Waals surface area contributed by atoms with Gasteiger partial charge in [0.05, 0.1) is 18.3 Å². The van der Waals surface area contributed by atoms with E-state index in [1.165, 1.54) is 43.2 Å². The first-order valence-electron chi connectivity index (χ1n) is 12.6. The van der Waals surface area contributed by atoms with Gasteiger partial charge >= 0.3 is 6.18 Å². The van der Waals surface area contributed by atoms with Gasteiger partial charge in [0.2, 0.25) is 0 Å². The van der Waals surface area contributed by atoms with Crippen molar-refractivity contribution in [2.45, 2.75) is 91.3 Å². The van der Waals surface area contributed by atoms with Crippen LogP contribution in [0.15, 0.2) is 12.4 Å². The summed E-state index contributed by atoms with van der Waals surface area (Å²) in [6, 6.07) is 0. The van der Waals surface area contributed by atoms with Crippen molar-refractivity contribution < 1.29 is 18.0 Å². The summed E-state index contributed by atoms with van der Waals surface area (Å²) in [6.45, 7) is 7.24. The number of carbonyl (C=O) groups is 1. The molecular weight excluding hydrogens is 413 g/mol. The Morgan fingerprint density at radius 2 is 1.78 bits per heavy atom. The molecule has 0 spiro atoms. The summed E-state index contributed by atoms with van der Waals surface area (Å²) in [5.74, 6) is 3.80. The minimum atomic E-state index is -4.42. The van der Waals surface area contributed by atoms with Gasteiger partial charge in [-0.05, 0) is 91.8 Å². The van der Waals surface area contributed by atoms with E-state index in [4.69, 9.17) is 0 Å². The van der Waals surface area contributed by atoms with Gasteiger partial charge in [0.25, 0.3) is 0 Å². The highest BCUT2D eigenvalue weighted by Gasteiger charge is 2.60. The normalized spacial score (nSPS) is 43.9. The number of ketones is 1. The molecule has 8 atom stereocenters.